The Labute approximate surface area is 377 Å². The summed E-state index contributed by atoms with van der Waals surface area (Å²) in [6.45, 7) is 4.72. The van der Waals surface area contributed by atoms with Crippen LogP contribution in [0.1, 0.15) is 25.0 Å². The van der Waals surface area contributed by atoms with Crippen molar-refractivity contribution in [2.45, 2.75) is 19.3 Å². The molecule has 304 valence electrons. The summed E-state index contributed by atoms with van der Waals surface area (Å²) in [7, 11) is 0. The first-order chi connectivity index (χ1) is 31.5. The van der Waals surface area contributed by atoms with Gasteiger partial charge >= 0.3 is 0 Å². The number of anilines is 3. The molecule has 0 atom stereocenters. The van der Waals surface area contributed by atoms with E-state index >= 15 is 0 Å². The zero-order valence-corrected chi connectivity index (χ0v) is 36.1. The minimum Gasteiger partial charge on any atom is -0.309 e. The average molecular weight is 818 g/mol. The molecule has 0 amide bonds. The third-order valence-electron chi connectivity index (χ3n) is 13.1. The highest BCUT2D eigenvalue weighted by Gasteiger charge is 2.36. The number of rotatable bonds is 9. The number of benzene rings is 10. The van der Waals surface area contributed by atoms with Gasteiger partial charge in [-0.1, -0.05) is 238 Å². The quantitative estimate of drug-likeness (QED) is 0.140. The third kappa shape index (κ3) is 6.83. The maximum Gasteiger partial charge on any atom is 0.0546 e. The number of hydrogen-bond acceptors (Lipinski definition) is 1. The molecule has 0 saturated heterocycles. The predicted molar refractivity (Wildman–Crippen MR) is 271 cm³/mol. The van der Waals surface area contributed by atoms with Crippen molar-refractivity contribution in [3.8, 4) is 77.9 Å². The second kappa shape index (κ2) is 16.4. The van der Waals surface area contributed by atoms with Crippen molar-refractivity contribution in [3.05, 3.63) is 260 Å². The van der Waals surface area contributed by atoms with Crippen molar-refractivity contribution in [3.63, 3.8) is 0 Å². The third-order valence-corrected chi connectivity index (χ3v) is 13.1. The molecule has 1 nitrogen and oxygen atoms in total. The highest BCUT2D eigenvalue weighted by Crippen LogP contribution is 2.54. The molecular weight excluding hydrogens is 771 g/mol. The van der Waals surface area contributed by atoms with E-state index in [1.54, 1.807) is 0 Å². The van der Waals surface area contributed by atoms with E-state index in [4.69, 9.17) is 0 Å². The summed E-state index contributed by atoms with van der Waals surface area (Å²) < 4.78 is 0. The van der Waals surface area contributed by atoms with E-state index in [0.717, 1.165) is 28.2 Å². The van der Waals surface area contributed by atoms with Crippen LogP contribution >= 0.6 is 0 Å². The second-order valence-electron chi connectivity index (χ2n) is 17.2. The monoisotopic (exact) mass is 817 g/mol. The Morgan fingerprint density at radius 1 is 0.266 bits per heavy atom. The fraction of sp³-hybridized carbons (Fsp3) is 0.0476. The van der Waals surface area contributed by atoms with E-state index in [9.17, 15) is 0 Å². The summed E-state index contributed by atoms with van der Waals surface area (Å²) >= 11 is 0. The number of hydrogen-bond donors (Lipinski definition) is 0. The fourth-order valence-electron chi connectivity index (χ4n) is 10.0. The molecule has 1 aliphatic carbocycles. The van der Waals surface area contributed by atoms with Crippen LogP contribution in [-0.2, 0) is 5.41 Å². The zero-order chi connectivity index (χ0) is 43.0. The topological polar surface area (TPSA) is 3.24 Å². The van der Waals surface area contributed by atoms with E-state index in [1.165, 1.54) is 77.9 Å². The van der Waals surface area contributed by atoms with Gasteiger partial charge in [0.05, 0.1) is 11.4 Å². The van der Waals surface area contributed by atoms with Crippen molar-refractivity contribution >= 4 is 17.1 Å². The van der Waals surface area contributed by atoms with Crippen LogP contribution in [0.3, 0.4) is 0 Å². The summed E-state index contributed by atoms with van der Waals surface area (Å²) in [5.41, 5.74) is 22.8. The first kappa shape index (κ1) is 38.9. The zero-order valence-electron chi connectivity index (χ0n) is 36.1. The van der Waals surface area contributed by atoms with Gasteiger partial charge < -0.3 is 4.90 Å². The van der Waals surface area contributed by atoms with Gasteiger partial charge in [0.2, 0.25) is 0 Å². The van der Waals surface area contributed by atoms with Crippen LogP contribution in [0.15, 0.2) is 249 Å². The standard InChI is InChI=1S/C63H47N/c1-63(2)57-35-16-14-32-56(57)61-54(33-19-36-58(61)63)49-27-18-28-50(43-49)64(59-37-17-15-30-52(59)48-41-39-45(40-42-48)44-21-6-3-7-22-44)60-38-20-34-53(47-25-10-5-11-26-47)62(60)55-31-13-12-29-51(55)46-23-8-4-9-24-46/h3-43H,1-2H3. The first-order valence-electron chi connectivity index (χ1n) is 22.3. The van der Waals surface area contributed by atoms with Crippen LogP contribution in [-0.4, -0.2) is 0 Å². The fourth-order valence-corrected chi connectivity index (χ4v) is 10.0. The first-order valence-corrected chi connectivity index (χ1v) is 22.3. The Balaban J connectivity index is 1.18. The van der Waals surface area contributed by atoms with Crippen molar-refractivity contribution in [2.75, 3.05) is 4.90 Å². The van der Waals surface area contributed by atoms with Gasteiger partial charge in [-0.2, -0.15) is 0 Å². The Hall–Kier alpha value is -8.00. The smallest absolute Gasteiger partial charge is 0.0546 e. The van der Waals surface area contributed by atoms with Crippen LogP contribution in [0.4, 0.5) is 17.1 Å². The molecule has 10 aromatic carbocycles. The molecule has 0 heterocycles. The van der Waals surface area contributed by atoms with Gasteiger partial charge in [0.25, 0.3) is 0 Å². The number of fused-ring (bicyclic) bond motifs is 3. The van der Waals surface area contributed by atoms with Crippen LogP contribution in [0.5, 0.6) is 0 Å². The summed E-state index contributed by atoms with van der Waals surface area (Å²) in [6, 6.07) is 90.9. The summed E-state index contributed by atoms with van der Waals surface area (Å²) in [5.74, 6) is 0. The molecule has 11 rings (SSSR count). The average Bonchev–Trinajstić information content (AvgIpc) is 3.61. The van der Waals surface area contributed by atoms with Gasteiger partial charge in [-0.3, -0.25) is 0 Å². The molecule has 0 radical (unpaired) electrons. The number of para-hydroxylation sites is 1. The molecule has 0 N–H and O–H groups in total. The van der Waals surface area contributed by atoms with Crippen LogP contribution in [0.2, 0.25) is 0 Å². The van der Waals surface area contributed by atoms with Crippen LogP contribution in [0.25, 0.3) is 77.9 Å². The molecule has 0 spiro atoms. The Kier molecular flexibility index (Phi) is 9.94. The van der Waals surface area contributed by atoms with Gasteiger partial charge in [0.15, 0.2) is 0 Å². The summed E-state index contributed by atoms with van der Waals surface area (Å²) in [6.07, 6.45) is 0. The normalized spacial score (nSPS) is 12.3. The van der Waals surface area contributed by atoms with E-state index in [1.807, 2.05) is 0 Å². The molecule has 1 heteroatoms. The van der Waals surface area contributed by atoms with E-state index in [-0.39, 0.29) is 5.41 Å². The molecular formula is C63H47N. The maximum absolute atomic E-state index is 2.51. The minimum atomic E-state index is -0.0977. The molecule has 0 bridgehead atoms. The Bertz CT molecular complexity index is 3270. The Morgan fingerprint density at radius 2 is 0.688 bits per heavy atom. The minimum absolute atomic E-state index is 0.0977. The van der Waals surface area contributed by atoms with Crippen LogP contribution in [0, 0.1) is 0 Å². The van der Waals surface area contributed by atoms with Gasteiger partial charge in [0, 0.05) is 22.2 Å². The maximum atomic E-state index is 2.51. The lowest BCUT2D eigenvalue weighted by Gasteiger charge is -2.32. The van der Waals surface area contributed by atoms with Crippen LogP contribution < -0.4 is 4.90 Å². The van der Waals surface area contributed by atoms with Gasteiger partial charge in [-0.25, -0.2) is 0 Å². The largest absolute Gasteiger partial charge is 0.309 e. The van der Waals surface area contributed by atoms with Crippen molar-refractivity contribution in [2.24, 2.45) is 0 Å². The van der Waals surface area contributed by atoms with E-state index < -0.39 is 0 Å². The lowest BCUT2D eigenvalue weighted by Crippen LogP contribution is -2.14. The summed E-state index contributed by atoms with van der Waals surface area (Å²) in [5, 5.41) is 0. The predicted octanol–water partition coefficient (Wildman–Crippen LogP) is 17.5. The molecule has 0 aromatic heterocycles. The van der Waals surface area contributed by atoms with Crippen molar-refractivity contribution in [1.82, 2.24) is 0 Å². The summed E-state index contributed by atoms with van der Waals surface area (Å²) in [4.78, 5) is 2.51. The molecule has 10 aromatic rings. The molecule has 0 unspecified atom stereocenters. The number of nitrogens with zero attached hydrogens (tertiary/aromatic N) is 1. The molecule has 0 fully saturated rings. The van der Waals surface area contributed by atoms with Crippen molar-refractivity contribution in [1.29, 1.82) is 0 Å². The lowest BCUT2D eigenvalue weighted by atomic mass is 9.82. The molecule has 1 aliphatic rings. The molecule has 0 aliphatic heterocycles. The second-order valence-corrected chi connectivity index (χ2v) is 17.2. The van der Waals surface area contributed by atoms with Gasteiger partial charge in [-0.05, 0) is 102 Å². The van der Waals surface area contributed by atoms with Gasteiger partial charge in [0.1, 0.15) is 0 Å². The Morgan fingerprint density at radius 3 is 1.39 bits per heavy atom. The van der Waals surface area contributed by atoms with E-state index in [2.05, 4.69) is 267 Å². The lowest BCUT2D eigenvalue weighted by molar-refractivity contribution is 0.660. The highest BCUT2D eigenvalue weighted by molar-refractivity contribution is 6.03. The van der Waals surface area contributed by atoms with E-state index in [0.29, 0.717) is 0 Å². The van der Waals surface area contributed by atoms with Gasteiger partial charge in [-0.15, -0.1) is 0 Å². The SMILES string of the molecule is CC1(C)c2ccccc2-c2c(-c3cccc(N(c4ccccc4-c4ccc(-c5ccccc5)cc4)c4cccc(-c5ccccc5)c4-c4ccccc4-c4ccccc4)c3)cccc21. The van der Waals surface area contributed by atoms with Crippen molar-refractivity contribution < 1.29 is 0 Å². The molecule has 0 saturated carbocycles. The molecule has 64 heavy (non-hydrogen) atoms. The highest BCUT2D eigenvalue weighted by atomic mass is 15.1.